The van der Waals surface area contributed by atoms with Crippen LogP contribution in [0.15, 0.2) is 35.5 Å². The van der Waals surface area contributed by atoms with E-state index >= 15 is 0 Å². The van der Waals surface area contributed by atoms with Crippen molar-refractivity contribution in [3.8, 4) is 0 Å². The molecule has 0 N–H and O–H groups in total. The number of aryl methyl sites for hydroxylation is 2. The summed E-state index contributed by atoms with van der Waals surface area (Å²) in [6, 6.07) is 8.16. The first-order valence-electron chi connectivity index (χ1n) is 5.69. The molecule has 0 aliphatic rings. The summed E-state index contributed by atoms with van der Waals surface area (Å²) in [6.45, 7) is 2.05. The fourth-order valence-electron chi connectivity index (χ4n) is 1.58. The van der Waals surface area contributed by atoms with E-state index in [4.69, 9.17) is 0 Å². The van der Waals surface area contributed by atoms with Crippen LogP contribution in [0.3, 0.4) is 0 Å². The zero-order valence-electron chi connectivity index (χ0n) is 10.5. The lowest BCUT2D eigenvalue weighted by atomic mass is 10.2. The average molecular weight is 261 g/mol. The van der Waals surface area contributed by atoms with E-state index in [9.17, 15) is 4.79 Å². The second kappa shape index (κ2) is 5.82. The van der Waals surface area contributed by atoms with Gasteiger partial charge in [-0.15, -0.1) is 11.8 Å². The Kier molecular flexibility index (Phi) is 4.15. The molecule has 4 nitrogen and oxygen atoms in total. The van der Waals surface area contributed by atoms with Crippen molar-refractivity contribution in [2.24, 2.45) is 7.05 Å². The molecule has 0 bridgehead atoms. The van der Waals surface area contributed by atoms with Gasteiger partial charge < -0.3 is 0 Å². The molecule has 2 aromatic rings. The van der Waals surface area contributed by atoms with Gasteiger partial charge in [-0.25, -0.2) is 4.98 Å². The highest BCUT2D eigenvalue weighted by Gasteiger charge is 2.08. The minimum Gasteiger partial charge on any atom is -0.298 e. The first-order valence-corrected chi connectivity index (χ1v) is 6.68. The first-order chi connectivity index (χ1) is 8.65. The normalized spacial score (nSPS) is 10.6. The molecule has 0 aliphatic heterocycles. The Morgan fingerprint density at radius 3 is 2.94 bits per heavy atom. The van der Waals surface area contributed by atoms with Crippen LogP contribution in [0, 0.1) is 6.92 Å². The van der Waals surface area contributed by atoms with E-state index in [1.54, 1.807) is 23.5 Å². The Labute approximate surface area is 110 Å². The summed E-state index contributed by atoms with van der Waals surface area (Å²) in [7, 11) is 1.79. The van der Waals surface area contributed by atoms with Crippen molar-refractivity contribution in [2.45, 2.75) is 18.2 Å². The second-order valence-electron chi connectivity index (χ2n) is 4.12. The molecule has 5 heteroatoms. The molecule has 0 saturated carbocycles. The summed E-state index contributed by atoms with van der Waals surface area (Å²) in [6.07, 6.45) is 1.81. The maximum atomic E-state index is 11.8. The number of carbonyl (C=O) groups is 1. The molecule has 0 spiro atoms. The fourth-order valence-corrected chi connectivity index (χ4v) is 2.45. The number of aromatic nitrogens is 3. The van der Waals surface area contributed by atoms with Crippen LogP contribution in [0.2, 0.25) is 0 Å². The second-order valence-corrected chi connectivity index (χ2v) is 5.17. The number of ketones is 1. The van der Waals surface area contributed by atoms with Crippen LogP contribution in [0.1, 0.15) is 11.4 Å². The fraction of sp³-hybridized carbons (Fsp3) is 0.308. The van der Waals surface area contributed by atoms with E-state index in [1.165, 1.54) is 11.9 Å². The van der Waals surface area contributed by atoms with Crippen molar-refractivity contribution >= 4 is 17.5 Å². The van der Waals surface area contributed by atoms with Gasteiger partial charge in [0.25, 0.3) is 0 Å². The molecule has 1 aromatic heterocycles. The van der Waals surface area contributed by atoms with Crippen LogP contribution in [-0.2, 0) is 18.3 Å². The predicted molar refractivity (Wildman–Crippen MR) is 71.6 cm³/mol. The van der Waals surface area contributed by atoms with Crippen molar-refractivity contribution < 1.29 is 4.79 Å². The Hall–Kier alpha value is -1.62. The van der Waals surface area contributed by atoms with E-state index in [1.807, 2.05) is 25.1 Å². The van der Waals surface area contributed by atoms with E-state index in [-0.39, 0.29) is 5.78 Å². The largest absolute Gasteiger partial charge is 0.298 e. The SMILES string of the molecule is Cc1cccc(SCC(=O)Cc2ncnn2C)c1. The number of hydrogen-bond acceptors (Lipinski definition) is 4. The van der Waals surface area contributed by atoms with Crippen molar-refractivity contribution in [3.63, 3.8) is 0 Å². The summed E-state index contributed by atoms with van der Waals surface area (Å²) in [5.41, 5.74) is 1.21. The zero-order chi connectivity index (χ0) is 13.0. The molecule has 18 heavy (non-hydrogen) atoms. The standard InChI is InChI=1S/C13H15N3OS/c1-10-4-3-5-12(6-10)18-8-11(17)7-13-14-9-15-16(13)2/h3-6,9H,7-8H2,1-2H3. The Bertz CT molecular complexity index is 551. The molecular formula is C13H15N3OS. The predicted octanol–water partition coefficient (Wildman–Crippen LogP) is 2.03. The Balaban J connectivity index is 1.87. The highest BCUT2D eigenvalue weighted by molar-refractivity contribution is 8.00. The molecule has 0 fully saturated rings. The summed E-state index contributed by atoms with van der Waals surface area (Å²) < 4.78 is 1.63. The van der Waals surface area contributed by atoms with Gasteiger partial charge in [-0.3, -0.25) is 9.48 Å². The lowest BCUT2D eigenvalue weighted by Crippen LogP contribution is -2.10. The van der Waals surface area contributed by atoms with E-state index in [0.29, 0.717) is 18.0 Å². The monoisotopic (exact) mass is 261 g/mol. The lowest BCUT2D eigenvalue weighted by Gasteiger charge is -2.02. The minimum atomic E-state index is 0.164. The van der Waals surface area contributed by atoms with E-state index < -0.39 is 0 Å². The topological polar surface area (TPSA) is 47.8 Å². The quantitative estimate of drug-likeness (QED) is 0.773. The van der Waals surface area contributed by atoms with Gasteiger partial charge >= 0.3 is 0 Å². The zero-order valence-corrected chi connectivity index (χ0v) is 11.3. The first kappa shape index (κ1) is 12.8. The van der Waals surface area contributed by atoms with Gasteiger partial charge in [-0.1, -0.05) is 17.7 Å². The smallest absolute Gasteiger partial charge is 0.150 e. The summed E-state index contributed by atoms with van der Waals surface area (Å²) in [5.74, 6) is 1.35. The van der Waals surface area contributed by atoms with E-state index in [0.717, 1.165) is 4.90 Å². The number of thioether (sulfide) groups is 1. The van der Waals surface area contributed by atoms with Crippen molar-refractivity contribution in [3.05, 3.63) is 42.0 Å². The van der Waals surface area contributed by atoms with Crippen LogP contribution < -0.4 is 0 Å². The van der Waals surface area contributed by atoms with Gasteiger partial charge in [0, 0.05) is 11.9 Å². The van der Waals surface area contributed by atoms with Gasteiger partial charge in [0.05, 0.1) is 12.2 Å². The summed E-state index contributed by atoms with van der Waals surface area (Å²) in [5, 5.41) is 3.95. The third kappa shape index (κ3) is 3.43. The number of rotatable bonds is 5. The molecule has 0 unspecified atom stereocenters. The molecule has 0 radical (unpaired) electrons. The highest BCUT2D eigenvalue weighted by Crippen LogP contribution is 2.19. The molecule has 0 amide bonds. The Morgan fingerprint density at radius 1 is 1.44 bits per heavy atom. The van der Waals surface area contributed by atoms with Crippen molar-refractivity contribution in [1.82, 2.24) is 14.8 Å². The third-order valence-corrected chi connectivity index (χ3v) is 3.60. The summed E-state index contributed by atoms with van der Waals surface area (Å²) in [4.78, 5) is 17.0. The molecule has 1 heterocycles. The maximum Gasteiger partial charge on any atom is 0.150 e. The molecule has 1 aromatic carbocycles. The number of nitrogens with zero attached hydrogens (tertiary/aromatic N) is 3. The van der Waals surface area contributed by atoms with Gasteiger partial charge in [-0.05, 0) is 19.1 Å². The number of hydrogen-bond donors (Lipinski definition) is 0. The highest BCUT2D eigenvalue weighted by atomic mass is 32.2. The Morgan fingerprint density at radius 2 is 2.28 bits per heavy atom. The van der Waals surface area contributed by atoms with Gasteiger partial charge in [0.2, 0.25) is 0 Å². The van der Waals surface area contributed by atoms with Gasteiger partial charge in [-0.2, -0.15) is 5.10 Å². The third-order valence-electron chi connectivity index (χ3n) is 2.55. The van der Waals surface area contributed by atoms with E-state index in [2.05, 4.69) is 16.1 Å². The average Bonchev–Trinajstić information content (AvgIpc) is 2.73. The maximum absolute atomic E-state index is 11.8. The number of benzene rings is 1. The lowest BCUT2D eigenvalue weighted by molar-refractivity contribution is -0.116. The van der Waals surface area contributed by atoms with Gasteiger partial charge in [0.1, 0.15) is 12.2 Å². The van der Waals surface area contributed by atoms with Crippen LogP contribution in [0.5, 0.6) is 0 Å². The molecule has 0 saturated heterocycles. The number of carbonyl (C=O) groups excluding carboxylic acids is 1. The summed E-state index contributed by atoms with van der Waals surface area (Å²) >= 11 is 1.56. The van der Waals surface area contributed by atoms with Crippen LogP contribution in [-0.4, -0.2) is 26.3 Å². The molecular weight excluding hydrogens is 246 g/mol. The van der Waals surface area contributed by atoms with Crippen LogP contribution in [0.25, 0.3) is 0 Å². The number of Topliss-reactive ketones (excluding diaryl/α,β-unsaturated/α-hetero) is 1. The van der Waals surface area contributed by atoms with Crippen molar-refractivity contribution in [2.75, 3.05) is 5.75 Å². The molecule has 0 aliphatic carbocycles. The van der Waals surface area contributed by atoms with Crippen LogP contribution in [0.4, 0.5) is 0 Å². The van der Waals surface area contributed by atoms with Crippen molar-refractivity contribution in [1.29, 1.82) is 0 Å². The van der Waals surface area contributed by atoms with Gasteiger partial charge in [0.15, 0.2) is 5.78 Å². The molecule has 2 rings (SSSR count). The minimum absolute atomic E-state index is 0.164. The molecule has 0 atom stereocenters. The van der Waals surface area contributed by atoms with Crippen LogP contribution >= 0.6 is 11.8 Å². The molecule has 94 valence electrons.